The molecule has 14 heteroatoms. The molecule has 0 radical (unpaired) electrons. The zero-order valence-corrected chi connectivity index (χ0v) is 23.0. The smallest absolute Gasteiger partial charge is 0.305 e. The van der Waals surface area contributed by atoms with Crippen LogP contribution in [-0.2, 0) is 32.1 Å². The second-order valence-corrected chi connectivity index (χ2v) is 10.0. The lowest BCUT2D eigenvalue weighted by Crippen LogP contribution is -2.56. The molecule has 14 nitrogen and oxygen atoms in total. The maximum Gasteiger partial charge on any atom is 0.305 e. The Morgan fingerprint density at radius 3 is 2.60 bits per heavy atom. The highest BCUT2D eigenvalue weighted by Crippen LogP contribution is 2.16. The number of benzene rings is 1. The molecule has 220 valence electrons. The number of rotatable bonds is 12. The largest absolute Gasteiger partial charge is 0.481 e. The minimum absolute atomic E-state index is 0.262. The summed E-state index contributed by atoms with van der Waals surface area (Å²) in [7, 11) is 0. The van der Waals surface area contributed by atoms with Gasteiger partial charge in [-0.1, -0.05) is 30.3 Å². The summed E-state index contributed by atoms with van der Waals surface area (Å²) < 4.78 is 1.27. The van der Waals surface area contributed by atoms with Crippen molar-refractivity contribution in [3.63, 3.8) is 0 Å². The molecule has 1 saturated heterocycles. The second-order valence-electron chi connectivity index (χ2n) is 10.0. The van der Waals surface area contributed by atoms with Gasteiger partial charge in [0.2, 0.25) is 11.8 Å². The highest BCUT2D eigenvalue weighted by Gasteiger charge is 2.35. The number of nitrogens with zero attached hydrogens (tertiary/aromatic N) is 6. The molecule has 0 spiro atoms. The van der Waals surface area contributed by atoms with E-state index in [4.69, 9.17) is 0 Å². The van der Waals surface area contributed by atoms with Gasteiger partial charge in [0.25, 0.3) is 5.91 Å². The molecule has 0 bridgehead atoms. The van der Waals surface area contributed by atoms with Crippen molar-refractivity contribution in [1.82, 2.24) is 40.7 Å². The van der Waals surface area contributed by atoms with Crippen LogP contribution in [0.1, 0.15) is 54.4 Å². The highest BCUT2D eigenvalue weighted by molar-refractivity contribution is 5.99. The van der Waals surface area contributed by atoms with Crippen molar-refractivity contribution in [1.29, 1.82) is 0 Å². The maximum atomic E-state index is 13.4. The Balaban J connectivity index is 1.42. The lowest BCUT2D eigenvalue weighted by Gasteiger charge is -2.30. The molecular weight excluding hydrogens is 544 g/mol. The average molecular weight is 577 g/mol. The highest BCUT2D eigenvalue weighted by atomic mass is 16.4. The number of nitrogens with one attached hydrogen (secondary N) is 2. The number of carboxylic acid groups (broad SMARTS) is 1. The third-order valence-electron chi connectivity index (χ3n) is 7.00. The van der Waals surface area contributed by atoms with Crippen molar-refractivity contribution in [2.75, 3.05) is 6.54 Å². The van der Waals surface area contributed by atoms with Crippen LogP contribution in [0.2, 0.25) is 0 Å². The number of aliphatic carboxylic acids is 1. The number of carbonyl (C=O) groups excluding carboxylic acids is 4. The zero-order chi connectivity index (χ0) is 30.1. The van der Waals surface area contributed by atoms with Crippen LogP contribution in [0.5, 0.6) is 0 Å². The number of carbonyl (C=O) groups is 5. The second kappa shape index (κ2) is 14.1. The number of likely N-dealkylation sites (tertiary alicyclic amines) is 1. The summed E-state index contributed by atoms with van der Waals surface area (Å²) in [6.07, 6.45) is 4.26. The minimum Gasteiger partial charge on any atom is -0.481 e. The van der Waals surface area contributed by atoms with Gasteiger partial charge in [0.1, 0.15) is 18.6 Å². The van der Waals surface area contributed by atoms with Gasteiger partial charge in [-0.2, -0.15) is 0 Å². The third-order valence-corrected chi connectivity index (χ3v) is 7.00. The van der Waals surface area contributed by atoms with Gasteiger partial charge in [0, 0.05) is 25.4 Å². The van der Waals surface area contributed by atoms with Crippen LogP contribution in [0.3, 0.4) is 0 Å². The zero-order valence-electron chi connectivity index (χ0n) is 23.0. The fourth-order valence-electron chi connectivity index (χ4n) is 4.68. The molecule has 1 aromatic carbocycles. The van der Waals surface area contributed by atoms with Crippen molar-refractivity contribution in [2.45, 2.75) is 63.7 Å². The third kappa shape index (κ3) is 7.80. The first-order chi connectivity index (χ1) is 20.2. The minimum atomic E-state index is -1.38. The number of pyridine rings is 1. The molecule has 3 N–H and O–H groups in total. The first-order valence-corrected chi connectivity index (χ1v) is 13.6. The number of amides is 3. The normalized spacial score (nSPS) is 16.6. The summed E-state index contributed by atoms with van der Waals surface area (Å²) in [6.45, 7) is 1.41. The molecule has 4 rings (SSSR count). The molecule has 0 saturated carbocycles. The maximum absolute atomic E-state index is 13.4. The number of Topliss-reactive ketones (excluding diaryl/α,β-unsaturated/α-hetero) is 1. The van der Waals surface area contributed by atoms with Gasteiger partial charge in [-0.25, -0.2) is 4.68 Å². The van der Waals surface area contributed by atoms with Crippen molar-refractivity contribution in [2.24, 2.45) is 0 Å². The summed E-state index contributed by atoms with van der Waals surface area (Å²) in [5, 5.41) is 26.1. The molecule has 0 aliphatic carbocycles. The molecule has 2 aromatic heterocycles. The van der Waals surface area contributed by atoms with E-state index in [1.165, 1.54) is 28.9 Å². The first kappa shape index (κ1) is 30.0. The van der Waals surface area contributed by atoms with Gasteiger partial charge in [0.05, 0.1) is 18.0 Å². The fraction of sp³-hybridized carbons (Fsp3) is 0.393. The molecule has 3 heterocycles. The fourth-order valence-corrected chi connectivity index (χ4v) is 4.68. The number of hydrogen-bond donors (Lipinski definition) is 3. The van der Waals surface area contributed by atoms with Gasteiger partial charge in [-0.15, -0.1) is 5.10 Å². The molecule has 3 aromatic rings. The van der Waals surface area contributed by atoms with E-state index >= 15 is 0 Å². The monoisotopic (exact) mass is 576 g/mol. The Labute approximate surface area is 241 Å². The van der Waals surface area contributed by atoms with Gasteiger partial charge >= 0.3 is 5.97 Å². The quantitative estimate of drug-likeness (QED) is 0.272. The molecule has 1 aliphatic rings. The van der Waals surface area contributed by atoms with Crippen molar-refractivity contribution < 1.29 is 29.1 Å². The molecule has 3 atom stereocenters. The number of tetrazole rings is 1. The molecule has 42 heavy (non-hydrogen) atoms. The summed E-state index contributed by atoms with van der Waals surface area (Å²) in [5.74, 6) is -3.08. The summed E-state index contributed by atoms with van der Waals surface area (Å²) in [6, 6.07) is 9.29. The van der Waals surface area contributed by atoms with Crippen LogP contribution >= 0.6 is 0 Å². The first-order valence-electron chi connectivity index (χ1n) is 13.6. The van der Waals surface area contributed by atoms with Gasteiger partial charge in [-0.05, 0) is 54.3 Å². The van der Waals surface area contributed by atoms with E-state index in [-0.39, 0.29) is 13.1 Å². The van der Waals surface area contributed by atoms with E-state index in [1.807, 2.05) is 30.3 Å². The number of aromatic nitrogens is 5. The van der Waals surface area contributed by atoms with Gasteiger partial charge < -0.3 is 20.6 Å². The molecule has 1 fully saturated rings. The van der Waals surface area contributed by atoms with Crippen LogP contribution < -0.4 is 10.6 Å². The van der Waals surface area contributed by atoms with E-state index < -0.39 is 54.0 Å². The SMILES string of the molecule is CC(C(=O)NC(CC(=O)O)C(=O)Cn1nnnc1Cc1ccccc1)N1CCCCC(NC(=O)c2cccnc2)C1=O. The van der Waals surface area contributed by atoms with Crippen molar-refractivity contribution in [3.8, 4) is 0 Å². The molecule has 1 aliphatic heterocycles. The predicted molar refractivity (Wildman–Crippen MR) is 147 cm³/mol. The van der Waals surface area contributed by atoms with E-state index in [9.17, 15) is 29.1 Å². The van der Waals surface area contributed by atoms with Crippen LogP contribution in [0, 0.1) is 0 Å². The van der Waals surface area contributed by atoms with Gasteiger partial charge in [0.15, 0.2) is 11.6 Å². The van der Waals surface area contributed by atoms with Crippen molar-refractivity contribution in [3.05, 3.63) is 71.8 Å². The van der Waals surface area contributed by atoms with Gasteiger partial charge in [-0.3, -0.25) is 29.0 Å². The molecule has 3 amide bonds. The van der Waals surface area contributed by atoms with Crippen LogP contribution in [0.25, 0.3) is 0 Å². The Bertz CT molecular complexity index is 1410. The topological polar surface area (TPSA) is 189 Å². The number of ketones is 1. The van der Waals surface area contributed by atoms with Crippen LogP contribution in [-0.4, -0.2) is 89.3 Å². The Morgan fingerprint density at radius 2 is 1.88 bits per heavy atom. The lowest BCUT2D eigenvalue weighted by atomic mass is 10.1. The number of hydrogen-bond acceptors (Lipinski definition) is 9. The summed E-state index contributed by atoms with van der Waals surface area (Å²) in [4.78, 5) is 69.3. The predicted octanol–water partition coefficient (Wildman–Crippen LogP) is 0.387. The van der Waals surface area contributed by atoms with E-state index in [0.717, 1.165) is 5.56 Å². The van der Waals surface area contributed by atoms with Crippen LogP contribution in [0.4, 0.5) is 0 Å². The number of carboxylic acids is 1. The average Bonchev–Trinajstić information content (AvgIpc) is 3.33. The summed E-state index contributed by atoms with van der Waals surface area (Å²) in [5.41, 5.74) is 1.22. The lowest BCUT2D eigenvalue weighted by molar-refractivity contribution is -0.143. The Morgan fingerprint density at radius 1 is 1.10 bits per heavy atom. The van der Waals surface area contributed by atoms with Crippen molar-refractivity contribution >= 4 is 29.5 Å². The molecule has 3 unspecified atom stereocenters. The Hall–Kier alpha value is -5.01. The van der Waals surface area contributed by atoms with E-state index in [1.54, 1.807) is 12.1 Å². The standard InChI is InChI=1S/C28H32N8O6/c1-18(35-13-6-5-11-21(28(35)42)30-27(41)20-10-7-12-29-16-20)26(40)31-22(15-25(38)39)23(37)17-36-24(32-33-34-36)14-19-8-3-2-4-9-19/h2-4,7-10,12,16,18,21-22H,5-6,11,13-15,17H2,1H3,(H,30,41)(H,31,40)(H,38,39). The molecular formula is C28H32N8O6. The summed E-state index contributed by atoms with van der Waals surface area (Å²) >= 11 is 0. The Kier molecular flexibility index (Phi) is 10.0. The van der Waals surface area contributed by atoms with E-state index in [0.29, 0.717) is 37.1 Å². The van der Waals surface area contributed by atoms with Crippen LogP contribution in [0.15, 0.2) is 54.9 Å². The van der Waals surface area contributed by atoms with E-state index in [2.05, 4.69) is 31.1 Å².